The molecule has 0 spiro atoms. The molecular formula is C17H12N6O6S2. The largest absolute Gasteiger partial charge is 0.325 e. The Kier molecular flexibility index (Phi) is 6.84. The fourth-order valence-corrected chi connectivity index (χ4v) is 3.79. The minimum Gasteiger partial charge on any atom is -0.325 e. The fourth-order valence-electron chi connectivity index (χ4n) is 2.24. The van der Waals surface area contributed by atoms with Crippen LogP contribution in [0.1, 0.15) is 10.4 Å². The zero-order chi connectivity index (χ0) is 22.4. The molecule has 0 aliphatic heterocycles. The predicted molar refractivity (Wildman–Crippen MR) is 113 cm³/mol. The lowest BCUT2D eigenvalue weighted by atomic mass is 10.2. The lowest BCUT2D eigenvalue weighted by molar-refractivity contribution is -0.385. The average molecular weight is 460 g/mol. The first-order valence-corrected chi connectivity index (χ1v) is 10.2. The van der Waals surface area contributed by atoms with Crippen LogP contribution < -0.4 is 10.6 Å². The zero-order valence-corrected chi connectivity index (χ0v) is 17.0. The Labute approximate surface area is 182 Å². The second-order valence-corrected chi connectivity index (χ2v) is 7.98. The number of nitro groups is 2. The summed E-state index contributed by atoms with van der Waals surface area (Å²) < 4.78 is 0.424. The zero-order valence-electron chi connectivity index (χ0n) is 15.4. The number of nitro benzene ring substituents is 2. The summed E-state index contributed by atoms with van der Waals surface area (Å²) in [5.74, 6) is -0.920. The van der Waals surface area contributed by atoms with Crippen LogP contribution in [0.3, 0.4) is 0 Å². The number of anilines is 2. The minimum atomic E-state index is -0.564. The second kappa shape index (κ2) is 9.73. The lowest BCUT2D eigenvalue weighted by Crippen LogP contribution is -2.14. The Morgan fingerprint density at radius 2 is 1.68 bits per heavy atom. The van der Waals surface area contributed by atoms with E-state index in [4.69, 9.17) is 0 Å². The average Bonchev–Trinajstić information content (AvgIpc) is 3.19. The molecule has 3 aromatic rings. The molecule has 0 aliphatic carbocycles. The highest BCUT2D eigenvalue weighted by Crippen LogP contribution is 2.26. The third-order valence-electron chi connectivity index (χ3n) is 3.63. The molecule has 1 heterocycles. The Morgan fingerprint density at radius 3 is 2.35 bits per heavy atom. The highest BCUT2D eigenvalue weighted by molar-refractivity contribution is 8.01. The van der Waals surface area contributed by atoms with Gasteiger partial charge >= 0.3 is 0 Å². The summed E-state index contributed by atoms with van der Waals surface area (Å²) in [5.41, 5.74) is 0.247. The molecule has 12 nitrogen and oxygen atoms in total. The van der Waals surface area contributed by atoms with Crippen molar-refractivity contribution in [1.82, 2.24) is 10.2 Å². The molecule has 0 saturated heterocycles. The van der Waals surface area contributed by atoms with Gasteiger partial charge in [-0.2, -0.15) is 0 Å². The summed E-state index contributed by atoms with van der Waals surface area (Å²) >= 11 is 2.13. The number of carbonyl (C=O) groups is 2. The van der Waals surface area contributed by atoms with Gasteiger partial charge in [-0.25, -0.2) is 0 Å². The van der Waals surface area contributed by atoms with Gasteiger partial charge in [-0.15, -0.1) is 10.2 Å². The van der Waals surface area contributed by atoms with Crippen molar-refractivity contribution in [2.75, 3.05) is 16.4 Å². The fraction of sp³-hybridized carbons (Fsp3) is 0.0588. The molecule has 0 aliphatic rings. The molecule has 3 rings (SSSR count). The summed E-state index contributed by atoms with van der Waals surface area (Å²) in [5, 5.41) is 34.4. The number of nitrogens with one attached hydrogen (secondary N) is 2. The molecule has 0 unspecified atom stereocenters. The first-order chi connectivity index (χ1) is 14.8. The van der Waals surface area contributed by atoms with Crippen LogP contribution in [-0.2, 0) is 4.79 Å². The van der Waals surface area contributed by atoms with E-state index < -0.39 is 21.7 Å². The molecule has 0 fully saturated rings. The third-order valence-corrected chi connectivity index (χ3v) is 5.61. The van der Waals surface area contributed by atoms with Gasteiger partial charge in [0.2, 0.25) is 11.0 Å². The van der Waals surface area contributed by atoms with E-state index in [1.54, 1.807) is 0 Å². The van der Waals surface area contributed by atoms with Crippen LogP contribution in [-0.4, -0.2) is 37.6 Å². The number of hydrogen-bond acceptors (Lipinski definition) is 10. The van der Waals surface area contributed by atoms with Crippen LogP contribution in [0.4, 0.5) is 22.2 Å². The van der Waals surface area contributed by atoms with Gasteiger partial charge in [0.1, 0.15) is 0 Å². The van der Waals surface area contributed by atoms with E-state index in [0.717, 1.165) is 23.1 Å². The number of amides is 2. The number of thioether (sulfide) groups is 1. The predicted octanol–water partition coefficient (Wildman–Crippen LogP) is 3.34. The summed E-state index contributed by atoms with van der Waals surface area (Å²) in [6.07, 6.45) is 0. The molecule has 2 aromatic carbocycles. The maximum absolute atomic E-state index is 12.2. The van der Waals surface area contributed by atoms with Crippen molar-refractivity contribution >= 4 is 57.1 Å². The van der Waals surface area contributed by atoms with E-state index in [9.17, 15) is 29.8 Å². The molecule has 2 N–H and O–H groups in total. The quantitative estimate of drug-likeness (QED) is 0.221. The van der Waals surface area contributed by atoms with Crippen LogP contribution >= 0.6 is 23.1 Å². The molecule has 0 radical (unpaired) electrons. The number of benzene rings is 2. The van der Waals surface area contributed by atoms with Gasteiger partial charge in [0, 0.05) is 35.5 Å². The Balaban J connectivity index is 1.52. The summed E-state index contributed by atoms with van der Waals surface area (Å²) in [6, 6.07) is 10.6. The van der Waals surface area contributed by atoms with Gasteiger partial charge in [0.15, 0.2) is 4.34 Å². The van der Waals surface area contributed by atoms with Crippen LogP contribution in [0.5, 0.6) is 0 Å². The van der Waals surface area contributed by atoms with Gasteiger partial charge < -0.3 is 5.32 Å². The molecule has 2 amide bonds. The molecule has 1 aromatic heterocycles. The van der Waals surface area contributed by atoms with E-state index in [1.165, 1.54) is 48.5 Å². The van der Waals surface area contributed by atoms with Crippen molar-refractivity contribution in [3.8, 4) is 0 Å². The smallest absolute Gasteiger partial charge is 0.271 e. The standard InChI is InChI=1S/C17H12N6O6S2/c24-14(18-11-2-1-3-13(8-11)23(28)29)9-30-17-21-20-16(31-17)19-15(25)10-4-6-12(7-5-10)22(26)27/h1-8H,9H2,(H,18,24)(H,19,20,25). The van der Waals surface area contributed by atoms with Gasteiger partial charge in [-0.3, -0.25) is 35.1 Å². The number of non-ortho nitro benzene ring substituents is 2. The van der Waals surface area contributed by atoms with E-state index >= 15 is 0 Å². The molecule has 0 bridgehead atoms. The Morgan fingerprint density at radius 1 is 0.968 bits per heavy atom. The van der Waals surface area contributed by atoms with Gasteiger partial charge in [0.25, 0.3) is 17.3 Å². The topological polar surface area (TPSA) is 170 Å². The monoisotopic (exact) mass is 460 g/mol. The van der Waals surface area contributed by atoms with E-state index in [-0.39, 0.29) is 27.8 Å². The normalized spacial score (nSPS) is 10.3. The van der Waals surface area contributed by atoms with Crippen molar-refractivity contribution in [3.05, 3.63) is 74.3 Å². The maximum atomic E-state index is 12.2. The number of rotatable bonds is 8. The van der Waals surface area contributed by atoms with Gasteiger partial charge in [0.05, 0.1) is 15.6 Å². The van der Waals surface area contributed by atoms with Crippen LogP contribution in [0, 0.1) is 20.2 Å². The molecule has 158 valence electrons. The molecule has 14 heteroatoms. The molecule has 0 atom stereocenters. The van der Waals surface area contributed by atoms with Crippen molar-refractivity contribution in [2.45, 2.75) is 4.34 Å². The Bertz CT molecular complexity index is 1150. The number of aromatic nitrogens is 2. The number of hydrogen-bond donors (Lipinski definition) is 2. The minimum absolute atomic E-state index is 0.0202. The van der Waals surface area contributed by atoms with Crippen molar-refractivity contribution < 1.29 is 19.4 Å². The number of nitrogens with zero attached hydrogens (tertiary/aromatic N) is 4. The Hall–Kier alpha value is -3.91. The van der Waals surface area contributed by atoms with Crippen LogP contribution in [0.2, 0.25) is 0 Å². The summed E-state index contributed by atoms with van der Waals surface area (Å²) in [6.45, 7) is 0. The second-order valence-electron chi connectivity index (χ2n) is 5.78. The highest BCUT2D eigenvalue weighted by Gasteiger charge is 2.14. The molecular weight excluding hydrogens is 448 g/mol. The SMILES string of the molecule is O=C(CSc1nnc(NC(=O)c2ccc([N+](=O)[O-])cc2)s1)Nc1cccc([N+](=O)[O-])c1. The van der Waals surface area contributed by atoms with Crippen LogP contribution in [0.15, 0.2) is 52.9 Å². The van der Waals surface area contributed by atoms with Crippen molar-refractivity contribution in [1.29, 1.82) is 0 Å². The lowest BCUT2D eigenvalue weighted by Gasteiger charge is -2.03. The van der Waals surface area contributed by atoms with Gasteiger partial charge in [-0.1, -0.05) is 29.2 Å². The van der Waals surface area contributed by atoms with Crippen molar-refractivity contribution in [3.63, 3.8) is 0 Å². The highest BCUT2D eigenvalue weighted by atomic mass is 32.2. The van der Waals surface area contributed by atoms with Crippen molar-refractivity contribution in [2.24, 2.45) is 0 Å². The van der Waals surface area contributed by atoms with E-state index in [1.807, 2.05) is 0 Å². The summed E-state index contributed by atoms with van der Waals surface area (Å²) in [4.78, 5) is 44.6. The first kappa shape index (κ1) is 21.8. The molecule has 0 saturated carbocycles. The van der Waals surface area contributed by atoms with Crippen LogP contribution in [0.25, 0.3) is 0 Å². The van der Waals surface area contributed by atoms with E-state index in [0.29, 0.717) is 10.0 Å². The van der Waals surface area contributed by atoms with Gasteiger partial charge in [-0.05, 0) is 18.2 Å². The summed E-state index contributed by atoms with van der Waals surface area (Å²) in [7, 11) is 0. The molecule has 31 heavy (non-hydrogen) atoms. The third kappa shape index (κ3) is 6.03. The number of carbonyl (C=O) groups excluding carboxylic acids is 2. The first-order valence-electron chi connectivity index (χ1n) is 8.38. The maximum Gasteiger partial charge on any atom is 0.271 e. The van der Waals surface area contributed by atoms with E-state index in [2.05, 4.69) is 20.8 Å².